The van der Waals surface area contributed by atoms with Crippen LogP contribution in [0, 0.1) is 18.3 Å². The fourth-order valence-corrected chi connectivity index (χ4v) is 1.08. The van der Waals surface area contributed by atoms with Gasteiger partial charge in [-0.3, -0.25) is 4.79 Å². The molecular weight excluding hydrogens is 180 g/mol. The number of likely N-dealkylation sites (N-methyl/N-ethyl adjacent to an activating group) is 1. The SMILES string of the molecule is Cc1ccc(CCN(C)C(=O)C#N)o1. The third-order valence-corrected chi connectivity index (χ3v) is 1.93. The van der Waals surface area contributed by atoms with Gasteiger partial charge in [0.25, 0.3) is 0 Å². The molecule has 74 valence electrons. The maximum Gasteiger partial charge on any atom is 0.324 e. The first kappa shape index (κ1) is 10.3. The maximum absolute atomic E-state index is 10.9. The minimum atomic E-state index is -0.520. The Morgan fingerprint density at radius 2 is 2.36 bits per heavy atom. The number of hydrogen-bond donors (Lipinski definition) is 0. The molecule has 0 aliphatic heterocycles. The highest BCUT2D eigenvalue weighted by molar-refractivity contribution is 5.90. The fraction of sp³-hybridized carbons (Fsp3) is 0.400. The number of rotatable bonds is 3. The molecule has 1 heterocycles. The predicted octanol–water partition coefficient (Wildman–Crippen LogP) is 1.11. The van der Waals surface area contributed by atoms with Crippen LogP contribution in [0.4, 0.5) is 0 Å². The van der Waals surface area contributed by atoms with Crippen molar-refractivity contribution < 1.29 is 9.21 Å². The quantitative estimate of drug-likeness (QED) is 0.674. The summed E-state index contributed by atoms with van der Waals surface area (Å²) in [5.41, 5.74) is 0. The van der Waals surface area contributed by atoms with Crippen molar-refractivity contribution >= 4 is 5.91 Å². The third kappa shape index (κ3) is 2.63. The Labute approximate surface area is 82.7 Å². The Hall–Kier alpha value is -1.76. The standard InChI is InChI=1S/C10H12N2O2/c1-8-3-4-9(14-8)5-6-12(2)10(13)7-11/h3-4H,5-6H2,1-2H3. The van der Waals surface area contributed by atoms with E-state index in [-0.39, 0.29) is 0 Å². The summed E-state index contributed by atoms with van der Waals surface area (Å²) in [7, 11) is 1.60. The molecule has 0 spiro atoms. The van der Waals surface area contributed by atoms with Crippen molar-refractivity contribution in [2.45, 2.75) is 13.3 Å². The number of nitrogens with zero attached hydrogens (tertiary/aromatic N) is 2. The zero-order valence-electron chi connectivity index (χ0n) is 8.28. The van der Waals surface area contributed by atoms with E-state index in [4.69, 9.17) is 9.68 Å². The summed E-state index contributed by atoms with van der Waals surface area (Å²) in [5.74, 6) is 1.17. The van der Waals surface area contributed by atoms with E-state index in [0.29, 0.717) is 13.0 Å². The third-order valence-electron chi connectivity index (χ3n) is 1.93. The maximum atomic E-state index is 10.9. The molecule has 0 saturated carbocycles. The van der Waals surface area contributed by atoms with Gasteiger partial charge in [0.15, 0.2) is 6.07 Å². The fourth-order valence-electron chi connectivity index (χ4n) is 1.08. The number of amides is 1. The van der Waals surface area contributed by atoms with E-state index in [0.717, 1.165) is 11.5 Å². The highest BCUT2D eigenvalue weighted by Gasteiger charge is 2.07. The largest absolute Gasteiger partial charge is 0.466 e. The second kappa shape index (κ2) is 4.47. The lowest BCUT2D eigenvalue weighted by atomic mass is 10.3. The molecule has 0 aliphatic carbocycles. The Kier molecular flexibility index (Phi) is 3.29. The monoisotopic (exact) mass is 192 g/mol. The predicted molar refractivity (Wildman–Crippen MR) is 50.4 cm³/mol. The molecule has 0 radical (unpaired) electrons. The van der Waals surface area contributed by atoms with Crippen molar-refractivity contribution in [1.82, 2.24) is 4.90 Å². The molecule has 1 rings (SSSR count). The number of carbonyl (C=O) groups is 1. The van der Waals surface area contributed by atoms with Gasteiger partial charge < -0.3 is 9.32 Å². The first-order valence-corrected chi connectivity index (χ1v) is 4.34. The summed E-state index contributed by atoms with van der Waals surface area (Å²) in [6, 6.07) is 5.31. The molecule has 1 aromatic rings. The van der Waals surface area contributed by atoms with Gasteiger partial charge in [-0.15, -0.1) is 0 Å². The van der Waals surface area contributed by atoms with Crippen molar-refractivity contribution in [3.8, 4) is 6.07 Å². The van der Waals surface area contributed by atoms with Gasteiger partial charge in [-0.2, -0.15) is 5.26 Å². The Balaban J connectivity index is 2.42. The number of nitriles is 1. The van der Waals surface area contributed by atoms with Crippen molar-refractivity contribution in [2.24, 2.45) is 0 Å². The van der Waals surface area contributed by atoms with Crippen LogP contribution in [0.3, 0.4) is 0 Å². The molecular formula is C10H12N2O2. The molecule has 1 aromatic heterocycles. The lowest BCUT2D eigenvalue weighted by Gasteiger charge is -2.10. The van der Waals surface area contributed by atoms with Gasteiger partial charge in [0.1, 0.15) is 11.5 Å². The van der Waals surface area contributed by atoms with Gasteiger partial charge in [-0.1, -0.05) is 0 Å². The highest BCUT2D eigenvalue weighted by atomic mass is 16.3. The van der Waals surface area contributed by atoms with E-state index in [1.807, 2.05) is 19.1 Å². The Morgan fingerprint density at radius 3 is 2.86 bits per heavy atom. The molecule has 0 aliphatic rings. The molecule has 0 bridgehead atoms. The van der Waals surface area contributed by atoms with E-state index in [2.05, 4.69) is 0 Å². The number of furan rings is 1. The molecule has 4 heteroatoms. The summed E-state index contributed by atoms with van der Waals surface area (Å²) in [6.07, 6.45) is 0.637. The van der Waals surface area contributed by atoms with Gasteiger partial charge in [-0.05, 0) is 19.1 Å². The summed E-state index contributed by atoms with van der Waals surface area (Å²) >= 11 is 0. The second-order valence-electron chi connectivity index (χ2n) is 3.10. The van der Waals surface area contributed by atoms with Crippen LogP contribution in [0.5, 0.6) is 0 Å². The topological polar surface area (TPSA) is 57.2 Å². The number of hydrogen-bond acceptors (Lipinski definition) is 3. The van der Waals surface area contributed by atoms with Gasteiger partial charge >= 0.3 is 5.91 Å². The molecule has 0 saturated heterocycles. The van der Waals surface area contributed by atoms with Crippen LogP contribution in [0.15, 0.2) is 16.5 Å². The van der Waals surface area contributed by atoms with Gasteiger partial charge in [0.2, 0.25) is 0 Å². The first-order chi connectivity index (χ1) is 6.63. The zero-order valence-corrected chi connectivity index (χ0v) is 8.28. The van der Waals surface area contributed by atoms with Crippen molar-refractivity contribution in [3.05, 3.63) is 23.7 Å². The average molecular weight is 192 g/mol. The Morgan fingerprint density at radius 1 is 1.64 bits per heavy atom. The summed E-state index contributed by atoms with van der Waals surface area (Å²) < 4.78 is 5.33. The van der Waals surface area contributed by atoms with Crippen LogP contribution >= 0.6 is 0 Å². The average Bonchev–Trinajstić information content (AvgIpc) is 2.59. The minimum absolute atomic E-state index is 0.499. The van der Waals surface area contributed by atoms with E-state index in [1.54, 1.807) is 13.1 Å². The molecule has 4 nitrogen and oxygen atoms in total. The lowest BCUT2D eigenvalue weighted by Crippen LogP contribution is -2.27. The van der Waals surface area contributed by atoms with Crippen LogP contribution < -0.4 is 0 Å². The van der Waals surface area contributed by atoms with E-state index in [1.165, 1.54) is 4.90 Å². The van der Waals surface area contributed by atoms with Crippen molar-refractivity contribution in [2.75, 3.05) is 13.6 Å². The number of aryl methyl sites for hydroxylation is 1. The first-order valence-electron chi connectivity index (χ1n) is 4.34. The van der Waals surface area contributed by atoms with E-state index < -0.39 is 5.91 Å². The summed E-state index contributed by atoms with van der Waals surface area (Å²) in [5, 5.41) is 8.34. The number of carbonyl (C=O) groups excluding carboxylic acids is 1. The molecule has 0 unspecified atom stereocenters. The summed E-state index contributed by atoms with van der Waals surface area (Å²) in [6.45, 7) is 2.37. The zero-order chi connectivity index (χ0) is 10.6. The normalized spacial score (nSPS) is 9.50. The van der Waals surface area contributed by atoms with Crippen molar-refractivity contribution in [3.63, 3.8) is 0 Å². The highest BCUT2D eigenvalue weighted by Crippen LogP contribution is 2.07. The molecule has 0 atom stereocenters. The van der Waals surface area contributed by atoms with Gasteiger partial charge in [-0.25, -0.2) is 0 Å². The van der Waals surface area contributed by atoms with Crippen LogP contribution in [-0.4, -0.2) is 24.4 Å². The summed E-state index contributed by atoms with van der Waals surface area (Å²) in [4.78, 5) is 12.2. The molecule has 0 fully saturated rings. The van der Waals surface area contributed by atoms with Gasteiger partial charge in [0, 0.05) is 20.0 Å². The van der Waals surface area contributed by atoms with Crippen molar-refractivity contribution in [1.29, 1.82) is 5.26 Å². The van der Waals surface area contributed by atoms with Crippen LogP contribution in [0.25, 0.3) is 0 Å². The van der Waals surface area contributed by atoms with E-state index >= 15 is 0 Å². The van der Waals surface area contributed by atoms with E-state index in [9.17, 15) is 4.79 Å². The smallest absolute Gasteiger partial charge is 0.324 e. The van der Waals surface area contributed by atoms with Crippen LogP contribution in [0.2, 0.25) is 0 Å². The van der Waals surface area contributed by atoms with Crippen LogP contribution in [0.1, 0.15) is 11.5 Å². The second-order valence-corrected chi connectivity index (χ2v) is 3.10. The lowest BCUT2D eigenvalue weighted by molar-refractivity contribution is -0.124. The molecule has 14 heavy (non-hydrogen) atoms. The minimum Gasteiger partial charge on any atom is -0.466 e. The molecule has 0 aromatic carbocycles. The van der Waals surface area contributed by atoms with Gasteiger partial charge in [0.05, 0.1) is 0 Å². The van der Waals surface area contributed by atoms with Crippen LogP contribution in [-0.2, 0) is 11.2 Å². The molecule has 0 N–H and O–H groups in total. The molecule has 1 amide bonds. The Bertz CT molecular complexity index is 362.